The summed E-state index contributed by atoms with van der Waals surface area (Å²) in [6.45, 7) is 16.0. The molecular weight excluding hydrogens is 665 g/mol. The molecule has 2 heteroatoms. The first-order valence-electron chi connectivity index (χ1n) is 19.6. The zero-order valence-corrected chi connectivity index (χ0v) is 32.8. The molecule has 0 saturated carbocycles. The van der Waals surface area contributed by atoms with Crippen molar-refractivity contribution in [2.45, 2.75) is 46.5 Å². The number of hydrogen-bond acceptors (Lipinski definition) is 2. The molecule has 6 aromatic rings. The Kier molecular flexibility index (Phi) is 11.4. The van der Waals surface area contributed by atoms with Crippen LogP contribution >= 0.6 is 0 Å². The van der Waals surface area contributed by atoms with E-state index in [0.29, 0.717) is 11.8 Å². The van der Waals surface area contributed by atoms with Crippen molar-refractivity contribution in [2.24, 2.45) is 11.8 Å². The van der Waals surface area contributed by atoms with Crippen LogP contribution in [0.5, 0.6) is 0 Å². The van der Waals surface area contributed by atoms with Crippen LogP contribution < -0.4 is 9.80 Å². The molecule has 0 bridgehead atoms. The van der Waals surface area contributed by atoms with Crippen LogP contribution in [0, 0.1) is 11.8 Å². The Balaban J connectivity index is 1.36. The molecule has 0 amide bonds. The van der Waals surface area contributed by atoms with E-state index in [1.165, 1.54) is 33.4 Å². The fourth-order valence-electron chi connectivity index (χ4n) is 7.94. The molecule has 1 aliphatic rings. The molecule has 7 rings (SSSR count). The molecule has 0 aromatic heterocycles. The lowest BCUT2D eigenvalue weighted by Crippen LogP contribution is -2.22. The van der Waals surface area contributed by atoms with Gasteiger partial charge in [0.05, 0.1) is 0 Å². The highest BCUT2D eigenvalue weighted by Crippen LogP contribution is 2.50. The molecule has 0 radical (unpaired) electrons. The lowest BCUT2D eigenvalue weighted by molar-refractivity contribution is 0.378. The van der Waals surface area contributed by atoms with Gasteiger partial charge in [0.15, 0.2) is 0 Å². The van der Waals surface area contributed by atoms with E-state index in [0.717, 1.165) is 34.0 Å². The summed E-state index contributed by atoms with van der Waals surface area (Å²) in [5.74, 6) is 1.51. The second kappa shape index (κ2) is 16.9. The number of benzene rings is 6. The van der Waals surface area contributed by atoms with Crippen LogP contribution in [0.2, 0.25) is 0 Å². The SMILES string of the molecule is C=C/C=C(\C=C/N(c1ccccc1)c1ccccc1)c1ccc(-c2ccc(N(c3ccccc3)c3ccccc3)cc2)c2c1C(C)C(C)=CC2C(C)C(C)C. The third-order valence-corrected chi connectivity index (χ3v) is 11.3. The summed E-state index contributed by atoms with van der Waals surface area (Å²) in [4.78, 5) is 4.58. The fourth-order valence-corrected chi connectivity index (χ4v) is 7.94. The smallest absolute Gasteiger partial charge is 0.0462 e. The molecule has 6 aromatic carbocycles. The molecule has 0 saturated heterocycles. The van der Waals surface area contributed by atoms with Crippen molar-refractivity contribution in [2.75, 3.05) is 9.80 Å². The van der Waals surface area contributed by atoms with Crippen molar-refractivity contribution in [1.29, 1.82) is 0 Å². The summed E-state index contributed by atoms with van der Waals surface area (Å²) < 4.78 is 0. The van der Waals surface area contributed by atoms with Crippen molar-refractivity contribution < 1.29 is 0 Å². The van der Waals surface area contributed by atoms with Crippen molar-refractivity contribution in [3.8, 4) is 11.1 Å². The zero-order valence-electron chi connectivity index (χ0n) is 32.8. The normalized spacial score (nSPS) is 16.0. The fraction of sp³-hybridized carbons (Fsp3) is 0.170. The molecule has 0 aliphatic heterocycles. The molecule has 3 atom stereocenters. The van der Waals surface area contributed by atoms with E-state index in [1.807, 2.05) is 6.08 Å². The molecule has 0 heterocycles. The van der Waals surface area contributed by atoms with Gasteiger partial charge in [-0.25, -0.2) is 0 Å². The Bertz CT molecular complexity index is 2200. The van der Waals surface area contributed by atoms with Gasteiger partial charge >= 0.3 is 0 Å². The number of nitrogens with zero attached hydrogens (tertiary/aromatic N) is 2. The van der Waals surface area contributed by atoms with Crippen LogP contribution in [-0.2, 0) is 0 Å². The summed E-state index contributed by atoms with van der Waals surface area (Å²) in [6.07, 6.45) is 11.1. The molecule has 2 nitrogen and oxygen atoms in total. The van der Waals surface area contributed by atoms with Crippen molar-refractivity contribution in [1.82, 2.24) is 0 Å². The minimum Gasteiger partial charge on any atom is -0.317 e. The standard InChI is InChI=1S/C53H52N2/c1-7-20-42(35-36-54(44-21-12-8-13-22-44)45-23-14-9-15-24-45)49-33-34-50(53-51(40(5)38(2)3)37-39(4)41(6)52(49)53)43-29-31-48(32-30-43)55(46-25-16-10-17-26-46)47-27-18-11-19-28-47/h7-38,40-41,51H,1H2,2-6H3/b36-35-,42-20+. The Morgan fingerprint density at radius 2 is 1.09 bits per heavy atom. The summed E-state index contributed by atoms with van der Waals surface area (Å²) >= 11 is 0. The number of anilines is 5. The van der Waals surface area contributed by atoms with Crippen molar-refractivity contribution in [3.05, 3.63) is 217 Å². The van der Waals surface area contributed by atoms with Gasteiger partial charge in [-0.05, 0) is 119 Å². The van der Waals surface area contributed by atoms with Crippen LogP contribution in [-0.4, -0.2) is 0 Å². The van der Waals surface area contributed by atoms with E-state index in [2.05, 4.69) is 233 Å². The van der Waals surface area contributed by atoms with Gasteiger partial charge in [-0.1, -0.05) is 155 Å². The van der Waals surface area contributed by atoms with Crippen molar-refractivity contribution >= 4 is 34.0 Å². The first-order chi connectivity index (χ1) is 26.9. The molecule has 55 heavy (non-hydrogen) atoms. The Labute approximate surface area is 329 Å². The Hall–Kier alpha value is -6.12. The van der Waals surface area contributed by atoms with E-state index < -0.39 is 0 Å². The molecule has 0 fully saturated rings. The topological polar surface area (TPSA) is 6.48 Å². The average Bonchev–Trinajstić information content (AvgIpc) is 3.23. The number of fused-ring (bicyclic) bond motifs is 1. The quantitative estimate of drug-likeness (QED) is 0.0919. The Morgan fingerprint density at radius 1 is 0.600 bits per heavy atom. The second-order valence-electron chi connectivity index (χ2n) is 15.0. The number of hydrogen-bond donors (Lipinski definition) is 0. The molecule has 1 aliphatic carbocycles. The maximum absolute atomic E-state index is 4.17. The molecular formula is C53H52N2. The maximum atomic E-state index is 4.17. The number of para-hydroxylation sites is 4. The minimum absolute atomic E-state index is 0.257. The largest absolute Gasteiger partial charge is 0.317 e. The van der Waals surface area contributed by atoms with Gasteiger partial charge in [0.1, 0.15) is 0 Å². The molecule has 0 spiro atoms. The van der Waals surface area contributed by atoms with Crippen LogP contribution in [0.25, 0.3) is 16.7 Å². The summed E-state index contributed by atoms with van der Waals surface area (Å²) in [5.41, 5.74) is 14.8. The van der Waals surface area contributed by atoms with Crippen LogP contribution in [0.15, 0.2) is 200 Å². The lowest BCUT2D eigenvalue weighted by atomic mass is 9.67. The minimum atomic E-state index is 0.257. The molecule has 274 valence electrons. The first kappa shape index (κ1) is 37.2. The highest BCUT2D eigenvalue weighted by Gasteiger charge is 2.33. The van der Waals surface area contributed by atoms with Gasteiger partial charge in [-0.15, -0.1) is 0 Å². The van der Waals surface area contributed by atoms with Crippen LogP contribution in [0.4, 0.5) is 28.4 Å². The number of rotatable bonds is 12. The highest BCUT2D eigenvalue weighted by molar-refractivity contribution is 5.85. The first-order valence-corrected chi connectivity index (χ1v) is 19.6. The molecule has 0 N–H and O–H groups in total. The third-order valence-electron chi connectivity index (χ3n) is 11.3. The highest BCUT2D eigenvalue weighted by atomic mass is 15.1. The number of allylic oxidation sites excluding steroid dienone is 6. The predicted octanol–water partition coefficient (Wildman–Crippen LogP) is 15.2. The average molecular weight is 717 g/mol. The maximum Gasteiger partial charge on any atom is 0.0462 e. The monoisotopic (exact) mass is 716 g/mol. The zero-order chi connectivity index (χ0) is 38.3. The van der Waals surface area contributed by atoms with Gasteiger partial charge in [0.2, 0.25) is 0 Å². The van der Waals surface area contributed by atoms with E-state index in [-0.39, 0.29) is 11.8 Å². The van der Waals surface area contributed by atoms with E-state index in [9.17, 15) is 0 Å². The predicted molar refractivity (Wildman–Crippen MR) is 238 cm³/mol. The van der Waals surface area contributed by atoms with E-state index >= 15 is 0 Å². The summed E-state index contributed by atoms with van der Waals surface area (Å²) in [7, 11) is 0. The third kappa shape index (κ3) is 7.91. The second-order valence-corrected chi connectivity index (χ2v) is 15.0. The van der Waals surface area contributed by atoms with E-state index in [1.54, 1.807) is 0 Å². The van der Waals surface area contributed by atoms with Gasteiger partial charge in [-0.3, -0.25) is 0 Å². The summed E-state index contributed by atoms with van der Waals surface area (Å²) in [5, 5.41) is 0. The van der Waals surface area contributed by atoms with Gasteiger partial charge in [0, 0.05) is 46.5 Å². The van der Waals surface area contributed by atoms with Crippen LogP contribution in [0.1, 0.15) is 63.1 Å². The summed E-state index contributed by atoms with van der Waals surface area (Å²) in [6, 6.07) is 56.3. The lowest BCUT2D eigenvalue weighted by Gasteiger charge is -2.37. The van der Waals surface area contributed by atoms with Gasteiger partial charge in [0.25, 0.3) is 0 Å². The van der Waals surface area contributed by atoms with Gasteiger partial charge < -0.3 is 9.80 Å². The van der Waals surface area contributed by atoms with E-state index in [4.69, 9.17) is 0 Å². The Morgan fingerprint density at radius 3 is 1.58 bits per heavy atom. The molecule has 3 unspecified atom stereocenters. The van der Waals surface area contributed by atoms with Gasteiger partial charge in [-0.2, -0.15) is 0 Å². The van der Waals surface area contributed by atoms with Crippen molar-refractivity contribution in [3.63, 3.8) is 0 Å². The van der Waals surface area contributed by atoms with Crippen LogP contribution in [0.3, 0.4) is 0 Å².